The minimum Gasteiger partial charge on any atom is -0.295 e. The first-order chi connectivity index (χ1) is 6.14. The van der Waals surface area contributed by atoms with Crippen LogP contribution in [0.2, 0.25) is 0 Å². The molecule has 70 valence electrons. The van der Waals surface area contributed by atoms with Gasteiger partial charge in [-0.2, -0.15) is 0 Å². The van der Waals surface area contributed by atoms with Gasteiger partial charge in [-0.3, -0.25) is 4.79 Å². The lowest BCUT2D eigenvalue weighted by molar-refractivity contribution is -0.130. The molecular formula is C11H13FO. The third-order valence-electron chi connectivity index (χ3n) is 2.84. The van der Waals surface area contributed by atoms with Gasteiger partial charge in [0.1, 0.15) is 0 Å². The molecule has 2 aliphatic rings. The van der Waals surface area contributed by atoms with Gasteiger partial charge in [0.25, 0.3) is 0 Å². The van der Waals surface area contributed by atoms with E-state index in [1.54, 1.807) is 25.2 Å². The largest absolute Gasteiger partial charge is 0.295 e. The molecule has 1 fully saturated rings. The maximum Gasteiger partial charge on any atom is 0.193 e. The predicted molar refractivity (Wildman–Crippen MR) is 49.0 cm³/mol. The molecule has 13 heavy (non-hydrogen) atoms. The summed E-state index contributed by atoms with van der Waals surface area (Å²) in [5, 5.41) is 0. The lowest BCUT2D eigenvalue weighted by atomic mass is 9.82. The topological polar surface area (TPSA) is 17.1 Å². The molecule has 2 atom stereocenters. The van der Waals surface area contributed by atoms with Crippen molar-refractivity contribution >= 4 is 5.78 Å². The highest BCUT2D eigenvalue weighted by atomic mass is 19.1. The summed E-state index contributed by atoms with van der Waals surface area (Å²) < 4.78 is 14.2. The summed E-state index contributed by atoms with van der Waals surface area (Å²) in [6, 6.07) is 0. The summed E-state index contributed by atoms with van der Waals surface area (Å²) in [7, 11) is 0. The van der Waals surface area contributed by atoms with Crippen LogP contribution in [0.25, 0.3) is 0 Å². The van der Waals surface area contributed by atoms with E-state index in [2.05, 4.69) is 0 Å². The molecule has 2 heteroatoms. The molecule has 0 aromatic carbocycles. The van der Waals surface area contributed by atoms with E-state index < -0.39 is 5.67 Å². The van der Waals surface area contributed by atoms with Crippen molar-refractivity contribution in [1.29, 1.82) is 0 Å². The molecule has 0 aliphatic heterocycles. The highest BCUT2D eigenvalue weighted by molar-refractivity contribution is 5.93. The Balaban J connectivity index is 2.22. The van der Waals surface area contributed by atoms with E-state index >= 15 is 0 Å². The summed E-state index contributed by atoms with van der Waals surface area (Å²) in [6.07, 6.45) is 8.31. The monoisotopic (exact) mass is 180 g/mol. The summed E-state index contributed by atoms with van der Waals surface area (Å²) in [6.45, 7) is 1.75. The molecule has 0 aromatic rings. The summed E-state index contributed by atoms with van der Waals surface area (Å²) in [5.41, 5.74) is -1.73. The fourth-order valence-corrected chi connectivity index (χ4v) is 1.68. The van der Waals surface area contributed by atoms with Crippen LogP contribution in [-0.2, 0) is 4.79 Å². The smallest absolute Gasteiger partial charge is 0.193 e. The van der Waals surface area contributed by atoms with Gasteiger partial charge in [0.15, 0.2) is 11.5 Å². The Bertz CT molecular complexity index is 288. The van der Waals surface area contributed by atoms with Gasteiger partial charge in [-0.25, -0.2) is 4.39 Å². The lowest BCUT2D eigenvalue weighted by Gasteiger charge is -2.26. The third kappa shape index (κ3) is 1.34. The van der Waals surface area contributed by atoms with Crippen molar-refractivity contribution < 1.29 is 9.18 Å². The first-order valence-corrected chi connectivity index (χ1v) is 4.74. The van der Waals surface area contributed by atoms with Crippen molar-refractivity contribution in [3.63, 3.8) is 0 Å². The molecule has 0 bridgehead atoms. The Labute approximate surface area is 77.3 Å². The van der Waals surface area contributed by atoms with Crippen LogP contribution in [0.1, 0.15) is 19.8 Å². The SMILES string of the molecule is CC1C=CC=CC1(F)C(=O)C1CC1. The number of halogens is 1. The molecule has 0 saturated heterocycles. The molecule has 0 aromatic heterocycles. The van der Waals surface area contributed by atoms with Gasteiger partial charge in [0, 0.05) is 11.8 Å². The normalized spacial score (nSPS) is 37.8. The number of rotatable bonds is 2. The minimum absolute atomic E-state index is 0.0106. The van der Waals surface area contributed by atoms with Crippen molar-refractivity contribution in [2.75, 3.05) is 0 Å². The van der Waals surface area contributed by atoms with Crippen LogP contribution in [0.5, 0.6) is 0 Å². The second kappa shape index (κ2) is 2.79. The molecule has 0 spiro atoms. The standard InChI is InChI=1S/C11H13FO/c1-8-4-2-3-7-11(8,12)10(13)9-5-6-9/h2-4,7-9H,5-6H2,1H3. The van der Waals surface area contributed by atoms with Gasteiger partial charge >= 0.3 is 0 Å². The lowest BCUT2D eigenvalue weighted by Crippen LogP contribution is -2.39. The zero-order chi connectivity index (χ0) is 9.47. The van der Waals surface area contributed by atoms with Crippen LogP contribution in [0.3, 0.4) is 0 Å². The van der Waals surface area contributed by atoms with Crippen LogP contribution in [0.15, 0.2) is 24.3 Å². The summed E-state index contributed by atoms with van der Waals surface area (Å²) >= 11 is 0. The second-order valence-electron chi connectivity index (χ2n) is 3.94. The number of allylic oxidation sites excluding steroid dienone is 4. The number of Topliss-reactive ketones (excluding diaryl/α,β-unsaturated/α-hetero) is 1. The molecule has 2 aliphatic carbocycles. The van der Waals surface area contributed by atoms with Gasteiger partial charge in [-0.05, 0) is 18.9 Å². The van der Waals surface area contributed by atoms with E-state index in [4.69, 9.17) is 0 Å². The maximum absolute atomic E-state index is 14.2. The quantitative estimate of drug-likeness (QED) is 0.638. The number of carbonyl (C=O) groups is 1. The Morgan fingerprint density at radius 3 is 2.69 bits per heavy atom. The first-order valence-electron chi connectivity index (χ1n) is 4.74. The van der Waals surface area contributed by atoms with Crippen LogP contribution in [-0.4, -0.2) is 11.5 Å². The highest BCUT2D eigenvalue weighted by Gasteiger charge is 2.47. The average Bonchev–Trinajstić information content (AvgIpc) is 2.92. The Hall–Kier alpha value is -0.920. The fraction of sp³-hybridized carbons (Fsp3) is 0.545. The molecule has 2 unspecified atom stereocenters. The molecule has 2 rings (SSSR count). The molecule has 0 amide bonds. The number of ketones is 1. The molecule has 1 nitrogen and oxygen atoms in total. The Morgan fingerprint density at radius 1 is 1.46 bits per heavy atom. The second-order valence-corrected chi connectivity index (χ2v) is 3.94. The van der Waals surface area contributed by atoms with Crippen LogP contribution >= 0.6 is 0 Å². The molecule has 0 N–H and O–H groups in total. The minimum atomic E-state index is -1.73. The fourth-order valence-electron chi connectivity index (χ4n) is 1.68. The predicted octanol–water partition coefficient (Wildman–Crippen LogP) is 2.44. The van der Waals surface area contributed by atoms with Crippen molar-refractivity contribution in [1.82, 2.24) is 0 Å². The molecule has 1 saturated carbocycles. The van der Waals surface area contributed by atoms with Gasteiger partial charge in [-0.1, -0.05) is 25.2 Å². The van der Waals surface area contributed by atoms with E-state index in [1.807, 2.05) is 0 Å². The Morgan fingerprint density at radius 2 is 2.15 bits per heavy atom. The van der Waals surface area contributed by atoms with E-state index in [0.29, 0.717) is 0 Å². The maximum atomic E-state index is 14.2. The molecular weight excluding hydrogens is 167 g/mol. The van der Waals surface area contributed by atoms with Gasteiger partial charge in [0.05, 0.1) is 0 Å². The zero-order valence-corrected chi connectivity index (χ0v) is 7.66. The van der Waals surface area contributed by atoms with Crippen LogP contribution in [0, 0.1) is 11.8 Å². The van der Waals surface area contributed by atoms with Crippen molar-refractivity contribution in [3.8, 4) is 0 Å². The highest BCUT2D eigenvalue weighted by Crippen LogP contribution is 2.40. The van der Waals surface area contributed by atoms with Gasteiger partial charge < -0.3 is 0 Å². The first kappa shape index (κ1) is 8.67. The van der Waals surface area contributed by atoms with Crippen LogP contribution in [0.4, 0.5) is 4.39 Å². The van der Waals surface area contributed by atoms with Crippen molar-refractivity contribution in [2.45, 2.75) is 25.4 Å². The number of alkyl halides is 1. The van der Waals surface area contributed by atoms with Crippen molar-refractivity contribution in [2.24, 2.45) is 11.8 Å². The van der Waals surface area contributed by atoms with Gasteiger partial charge in [0.2, 0.25) is 0 Å². The van der Waals surface area contributed by atoms with E-state index in [0.717, 1.165) is 12.8 Å². The van der Waals surface area contributed by atoms with Crippen LogP contribution < -0.4 is 0 Å². The van der Waals surface area contributed by atoms with Gasteiger partial charge in [-0.15, -0.1) is 0 Å². The van der Waals surface area contributed by atoms with Crippen molar-refractivity contribution in [3.05, 3.63) is 24.3 Å². The zero-order valence-electron chi connectivity index (χ0n) is 7.66. The number of hydrogen-bond donors (Lipinski definition) is 0. The third-order valence-corrected chi connectivity index (χ3v) is 2.84. The summed E-state index contributed by atoms with van der Waals surface area (Å²) in [4.78, 5) is 11.6. The van der Waals surface area contributed by atoms with E-state index in [1.165, 1.54) is 6.08 Å². The average molecular weight is 180 g/mol. The summed E-state index contributed by atoms with van der Waals surface area (Å²) in [5.74, 6) is -0.546. The Kier molecular flexibility index (Phi) is 1.86. The van der Waals surface area contributed by atoms with E-state index in [-0.39, 0.29) is 17.6 Å². The molecule has 0 heterocycles. The van der Waals surface area contributed by atoms with E-state index in [9.17, 15) is 9.18 Å². The number of hydrogen-bond acceptors (Lipinski definition) is 1. The number of carbonyl (C=O) groups excluding carboxylic acids is 1. The molecule has 0 radical (unpaired) electrons.